The van der Waals surface area contributed by atoms with Crippen LogP contribution in [0, 0.1) is 12.8 Å². The summed E-state index contributed by atoms with van der Waals surface area (Å²) in [5, 5.41) is 10.6. The van der Waals surface area contributed by atoms with Gasteiger partial charge >= 0.3 is 0 Å². The van der Waals surface area contributed by atoms with Gasteiger partial charge in [-0.3, -0.25) is 4.79 Å². The first-order chi connectivity index (χ1) is 13.6. The van der Waals surface area contributed by atoms with Gasteiger partial charge in [0.25, 0.3) is 0 Å². The van der Waals surface area contributed by atoms with Gasteiger partial charge in [-0.05, 0) is 37.0 Å². The average molecular weight is 419 g/mol. The predicted octanol–water partition coefficient (Wildman–Crippen LogP) is 2.39. The molecule has 7 heteroatoms. The van der Waals surface area contributed by atoms with E-state index in [-0.39, 0.29) is 23.9 Å². The predicted molar refractivity (Wildman–Crippen MR) is 114 cm³/mol. The molecule has 0 aromatic heterocycles. The van der Waals surface area contributed by atoms with E-state index in [1.165, 1.54) is 4.31 Å². The number of carbonyl (C=O) groups excluding carboxylic acids is 1. The molecule has 0 fully saturated rings. The lowest BCUT2D eigenvalue weighted by Crippen LogP contribution is -2.47. The van der Waals surface area contributed by atoms with Crippen LogP contribution in [0.1, 0.15) is 35.3 Å². The fourth-order valence-electron chi connectivity index (χ4n) is 3.02. The molecule has 2 aromatic rings. The maximum absolute atomic E-state index is 13.1. The zero-order chi connectivity index (χ0) is 21.6. The minimum absolute atomic E-state index is 0.0814. The molecule has 6 nitrogen and oxygen atoms in total. The maximum atomic E-state index is 13.1. The molecule has 29 heavy (non-hydrogen) atoms. The molecule has 2 aromatic carbocycles. The Hall–Kier alpha value is -2.06. The standard InChI is InChI=1S/C22H30N2O4S/c1-16(2)13-24(29(27,28)20-10-4-17(3)5-11-20)14-22(26)21(23)12-18-6-8-19(15-25)9-7-18/h4-11,15-16,21-22,26H,12-14,23H2,1-3H3/t21-,22+/m0/s1. The summed E-state index contributed by atoms with van der Waals surface area (Å²) in [5.41, 5.74) is 8.57. The number of rotatable bonds is 10. The van der Waals surface area contributed by atoms with Crippen LogP contribution >= 0.6 is 0 Å². The van der Waals surface area contributed by atoms with Gasteiger partial charge in [-0.15, -0.1) is 0 Å². The van der Waals surface area contributed by atoms with Gasteiger partial charge < -0.3 is 10.8 Å². The number of aliphatic hydroxyl groups excluding tert-OH is 1. The van der Waals surface area contributed by atoms with Crippen LogP contribution in [0.4, 0.5) is 0 Å². The molecule has 0 heterocycles. The third-order valence-electron chi connectivity index (χ3n) is 4.70. The Morgan fingerprint density at radius 3 is 2.14 bits per heavy atom. The summed E-state index contributed by atoms with van der Waals surface area (Å²) in [6.07, 6.45) is 0.110. The van der Waals surface area contributed by atoms with Crippen molar-refractivity contribution in [2.45, 2.75) is 44.2 Å². The lowest BCUT2D eigenvalue weighted by Gasteiger charge is -2.28. The van der Waals surface area contributed by atoms with Gasteiger partial charge in [0.1, 0.15) is 6.29 Å². The molecule has 2 atom stereocenters. The summed E-state index contributed by atoms with van der Waals surface area (Å²) in [6.45, 7) is 5.96. The third kappa shape index (κ3) is 6.47. The number of hydrogen-bond donors (Lipinski definition) is 2. The van der Waals surface area contributed by atoms with E-state index in [1.807, 2.05) is 20.8 Å². The van der Waals surface area contributed by atoms with E-state index in [2.05, 4.69) is 0 Å². The van der Waals surface area contributed by atoms with Crippen molar-refractivity contribution in [2.24, 2.45) is 11.7 Å². The number of benzene rings is 2. The van der Waals surface area contributed by atoms with E-state index in [0.717, 1.165) is 17.4 Å². The molecule has 0 amide bonds. The second kappa shape index (κ2) is 10.1. The van der Waals surface area contributed by atoms with Crippen molar-refractivity contribution >= 4 is 16.3 Å². The smallest absolute Gasteiger partial charge is 0.243 e. The molecule has 0 aliphatic rings. The lowest BCUT2D eigenvalue weighted by atomic mass is 10.0. The summed E-state index contributed by atoms with van der Waals surface area (Å²) >= 11 is 0. The number of aldehydes is 1. The Morgan fingerprint density at radius 1 is 1.03 bits per heavy atom. The Morgan fingerprint density at radius 2 is 1.62 bits per heavy atom. The highest BCUT2D eigenvalue weighted by Crippen LogP contribution is 2.19. The van der Waals surface area contributed by atoms with Gasteiger partial charge in [0.15, 0.2) is 0 Å². The molecule has 0 radical (unpaired) electrons. The normalized spacial score (nSPS) is 14.2. The molecule has 0 unspecified atom stereocenters. The highest BCUT2D eigenvalue weighted by atomic mass is 32.2. The zero-order valence-corrected chi connectivity index (χ0v) is 18.0. The first-order valence-corrected chi connectivity index (χ1v) is 11.1. The SMILES string of the molecule is Cc1ccc(S(=O)(=O)N(CC(C)C)C[C@@H](O)[C@@H](N)Cc2ccc(C=O)cc2)cc1. The molecule has 0 aliphatic carbocycles. The highest BCUT2D eigenvalue weighted by molar-refractivity contribution is 7.89. The Balaban J connectivity index is 2.15. The monoisotopic (exact) mass is 418 g/mol. The van der Waals surface area contributed by atoms with Gasteiger partial charge in [0.2, 0.25) is 10.0 Å². The van der Waals surface area contributed by atoms with Gasteiger partial charge in [-0.2, -0.15) is 4.31 Å². The van der Waals surface area contributed by atoms with E-state index in [4.69, 9.17) is 5.73 Å². The van der Waals surface area contributed by atoms with Crippen LogP contribution in [-0.2, 0) is 16.4 Å². The van der Waals surface area contributed by atoms with Crippen LogP contribution in [0.3, 0.4) is 0 Å². The number of aryl methyl sites for hydroxylation is 1. The fraction of sp³-hybridized carbons (Fsp3) is 0.409. The largest absolute Gasteiger partial charge is 0.390 e. The Bertz CT molecular complexity index is 893. The van der Waals surface area contributed by atoms with E-state index >= 15 is 0 Å². The van der Waals surface area contributed by atoms with Crippen molar-refractivity contribution in [3.05, 3.63) is 65.2 Å². The second-order valence-corrected chi connectivity index (χ2v) is 9.76. The Labute approximate surface area is 173 Å². The quantitative estimate of drug-likeness (QED) is 0.577. The third-order valence-corrected chi connectivity index (χ3v) is 6.55. The molecule has 0 saturated heterocycles. The van der Waals surface area contributed by atoms with Crippen LogP contribution < -0.4 is 5.73 Å². The van der Waals surface area contributed by atoms with Crippen molar-refractivity contribution < 1.29 is 18.3 Å². The van der Waals surface area contributed by atoms with Crippen LogP contribution in [0.5, 0.6) is 0 Å². The van der Waals surface area contributed by atoms with Gasteiger partial charge in [0.05, 0.1) is 11.0 Å². The van der Waals surface area contributed by atoms with E-state index in [9.17, 15) is 18.3 Å². The molecule has 0 bridgehead atoms. The minimum atomic E-state index is -3.74. The van der Waals surface area contributed by atoms with Crippen molar-refractivity contribution in [3.8, 4) is 0 Å². The lowest BCUT2D eigenvalue weighted by molar-refractivity contribution is 0.112. The topological polar surface area (TPSA) is 101 Å². The zero-order valence-electron chi connectivity index (χ0n) is 17.2. The van der Waals surface area contributed by atoms with Gasteiger partial charge in [-0.25, -0.2) is 8.42 Å². The van der Waals surface area contributed by atoms with E-state index in [1.54, 1.807) is 48.5 Å². The average Bonchev–Trinajstić information content (AvgIpc) is 2.68. The van der Waals surface area contributed by atoms with Crippen LogP contribution in [0.2, 0.25) is 0 Å². The summed E-state index contributed by atoms with van der Waals surface area (Å²) in [4.78, 5) is 11.0. The summed E-state index contributed by atoms with van der Waals surface area (Å²) in [7, 11) is -3.74. The summed E-state index contributed by atoms with van der Waals surface area (Å²) < 4.78 is 27.5. The van der Waals surface area contributed by atoms with Gasteiger partial charge in [0, 0.05) is 24.7 Å². The van der Waals surface area contributed by atoms with Crippen LogP contribution in [-0.4, -0.2) is 49.4 Å². The molecule has 3 N–H and O–H groups in total. The molecule has 0 saturated carbocycles. The van der Waals surface area contributed by atoms with Crippen molar-refractivity contribution in [1.29, 1.82) is 0 Å². The number of hydrogen-bond acceptors (Lipinski definition) is 5. The van der Waals surface area contributed by atoms with Crippen LogP contribution in [0.25, 0.3) is 0 Å². The first-order valence-electron chi connectivity index (χ1n) is 9.68. The van der Waals surface area contributed by atoms with Crippen LogP contribution in [0.15, 0.2) is 53.4 Å². The number of sulfonamides is 1. The number of nitrogens with two attached hydrogens (primary N) is 1. The molecule has 0 aliphatic heterocycles. The summed E-state index contributed by atoms with van der Waals surface area (Å²) in [6, 6.07) is 13.0. The number of aliphatic hydroxyl groups is 1. The molecular weight excluding hydrogens is 388 g/mol. The summed E-state index contributed by atoms with van der Waals surface area (Å²) in [5.74, 6) is 0.0922. The van der Waals surface area contributed by atoms with Gasteiger partial charge in [-0.1, -0.05) is 55.8 Å². The van der Waals surface area contributed by atoms with E-state index < -0.39 is 22.2 Å². The van der Waals surface area contributed by atoms with Crippen molar-refractivity contribution in [2.75, 3.05) is 13.1 Å². The minimum Gasteiger partial charge on any atom is -0.390 e. The second-order valence-electron chi connectivity index (χ2n) is 7.82. The highest BCUT2D eigenvalue weighted by Gasteiger charge is 2.29. The van der Waals surface area contributed by atoms with E-state index in [0.29, 0.717) is 12.0 Å². The molecule has 2 rings (SSSR count). The molecular formula is C22H30N2O4S. The molecule has 158 valence electrons. The molecule has 0 spiro atoms. The van der Waals surface area contributed by atoms with Crippen molar-refractivity contribution in [1.82, 2.24) is 4.31 Å². The van der Waals surface area contributed by atoms with Crippen molar-refractivity contribution in [3.63, 3.8) is 0 Å². The maximum Gasteiger partial charge on any atom is 0.243 e. The fourth-order valence-corrected chi connectivity index (χ4v) is 4.64. The Kier molecular flexibility index (Phi) is 8.10. The number of nitrogens with zero attached hydrogens (tertiary/aromatic N) is 1. The number of carbonyl (C=O) groups is 1. The first kappa shape index (κ1) is 23.2.